The molecular formula is C12H26N2O3S. The van der Waals surface area contributed by atoms with Gasteiger partial charge in [0.2, 0.25) is 10.0 Å². The number of sulfonamides is 1. The first kappa shape index (κ1) is 15.9. The minimum atomic E-state index is -3.25. The van der Waals surface area contributed by atoms with Crippen molar-refractivity contribution < 1.29 is 13.2 Å². The lowest BCUT2D eigenvalue weighted by molar-refractivity contribution is 0.0910. The van der Waals surface area contributed by atoms with Crippen molar-refractivity contribution in [2.45, 2.75) is 51.7 Å². The van der Waals surface area contributed by atoms with Crippen molar-refractivity contribution >= 4 is 10.0 Å². The highest BCUT2D eigenvalue weighted by Gasteiger charge is 2.27. The zero-order valence-electron chi connectivity index (χ0n) is 11.4. The third-order valence-corrected chi connectivity index (χ3v) is 4.71. The van der Waals surface area contributed by atoms with Gasteiger partial charge in [0.25, 0.3) is 0 Å². The van der Waals surface area contributed by atoms with Crippen molar-refractivity contribution in [1.29, 1.82) is 0 Å². The van der Waals surface area contributed by atoms with Crippen LogP contribution in [0.1, 0.15) is 39.5 Å². The minimum absolute atomic E-state index is 0.00722. The Morgan fingerprint density at radius 2 is 2.00 bits per heavy atom. The van der Waals surface area contributed by atoms with Gasteiger partial charge < -0.3 is 10.5 Å². The molecule has 2 unspecified atom stereocenters. The standard InChI is InChI=1S/C12H26N2O3S/c1-10(2)17-7-8-18(15,16)14-12-6-4-3-5-11(12)9-13/h10-12,14H,3-9,13H2,1-2H3. The Labute approximate surface area is 111 Å². The van der Waals surface area contributed by atoms with E-state index in [0.717, 1.165) is 25.7 Å². The van der Waals surface area contributed by atoms with E-state index < -0.39 is 10.0 Å². The fourth-order valence-electron chi connectivity index (χ4n) is 2.33. The maximum atomic E-state index is 11.9. The quantitative estimate of drug-likeness (QED) is 0.723. The van der Waals surface area contributed by atoms with Crippen LogP contribution in [0.4, 0.5) is 0 Å². The molecule has 1 aliphatic carbocycles. The molecule has 0 aromatic carbocycles. The van der Waals surface area contributed by atoms with Crippen LogP contribution in [-0.4, -0.2) is 39.5 Å². The van der Waals surface area contributed by atoms with Crippen LogP contribution in [0.2, 0.25) is 0 Å². The molecule has 18 heavy (non-hydrogen) atoms. The fourth-order valence-corrected chi connectivity index (χ4v) is 3.53. The molecule has 1 saturated carbocycles. The molecular weight excluding hydrogens is 252 g/mol. The summed E-state index contributed by atoms with van der Waals surface area (Å²) in [5, 5.41) is 0. The fraction of sp³-hybridized carbons (Fsp3) is 1.00. The van der Waals surface area contributed by atoms with Crippen molar-refractivity contribution in [3.63, 3.8) is 0 Å². The van der Waals surface area contributed by atoms with Gasteiger partial charge in [-0.15, -0.1) is 0 Å². The maximum absolute atomic E-state index is 11.9. The van der Waals surface area contributed by atoms with Crippen LogP contribution < -0.4 is 10.5 Å². The molecule has 5 nitrogen and oxygen atoms in total. The monoisotopic (exact) mass is 278 g/mol. The Bertz CT molecular complexity index is 330. The molecule has 1 fully saturated rings. The summed E-state index contributed by atoms with van der Waals surface area (Å²) in [6.07, 6.45) is 4.20. The van der Waals surface area contributed by atoms with E-state index in [2.05, 4.69) is 4.72 Å². The Morgan fingerprint density at radius 1 is 1.33 bits per heavy atom. The summed E-state index contributed by atoms with van der Waals surface area (Å²) < 4.78 is 31.9. The molecule has 0 spiro atoms. The topological polar surface area (TPSA) is 81.4 Å². The summed E-state index contributed by atoms with van der Waals surface area (Å²) in [5.41, 5.74) is 5.69. The molecule has 0 bridgehead atoms. The average Bonchev–Trinajstić information content (AvgIpc) is 2.28. The van der Waals surface area contributed by atoms with Crippen LogP contribution in [0.15, 0.2) is 0 Å². The predicted octanol–water partition coefficient (Wildman–Crippen LogP) is 0.848. The Hall–Kier alpha value is -0.170. The average molecular weight is 278 g/mol. The number of nitrogens with one attached hydrogen (secondary N) is 1. The van der Waals surface area contributed by atoms with Crippen LogP contribution in [0.3, 0.4) is 0 Å². The second-order valence-corrected chi connectivity index (χ2v) is 7.12. The zero-order chi connectivity index (χ0) is 13.6. The highest BCUT2D eigenvalue weighted by atomic mass is 32.2. The molecule has 0 saturated heterocycles. The van der Waals surface area contributed by atoms with E-state index in [1.54, 1.807) is 0 Å². The van der Waals surface area contributed by atoms with Crippen molar-refractivity contribution in [1.82, 2.24) is 4.72 Å². The van der Waals surface area contributed by atoms with Gasteiger partial charge in [-0.25, -0.2) is 13.1 Å². The van der Waals surface area contributed by atoms with E-state index in [-0.39, 0.29) is 30.4 Å². The predicted molar refractivity (Wildman–Crippen MR) is 72.8 cm³/mol. The second-order valence-electron chi connectivity index (χ2n) is 5.24. The molecule has 0 amide bonds. The Balaban J connectivity index is 2.43. The zero-order valence-corrected chi connectivity index (χ0v) is 12.2. The molecule has 108 valence electrons. The van der Waals surface area contributed by atoms with E-state index >= 15 is 0 Å². The lowest BCUT2D eigenvalue weighted by Crippen LogP contribution is -2.45. The van der Waals surface area contributed by atoms with Gasteiger partial charge >= 0.3 is 0 Å². The van der Waals surface area contributed by atoms with Gasteiger partial charge in [-0.05, 0) is 39.2 Å². The molecule has 0 aromatic rings. The van der Waals surface area contributed by atoms with Crippen molar-refractivity contribution in [2.24, 2.45) is 11.7 Å². The number of rotatable bonds is 7. The van der Waals surface area contributed by atoms with Crippen molar-refractivity contribution in [3.8, 4) is 0 Å². The lowest BCUT2D eigenvalue weighted by atomic mass is 9.85. The van der Waals surface area contributed by atoms with Gasteiger partial charge in [-0.3, -0.25) is 0 Å². The highest BCUT2D eigenvalue weighted by Crippen LogP contribution is 2.24. The Morgan fingerprint density at radius 3 is 2.61 bits per heavy atom. The molecule has 6 heteroatoms. The third kappa shape index (κ3) is 5.65. The number of hydrogen-bond donors (Lipinski definition) is 2. The van der Waals surface area contributed by atoms with Crippen LogP contribution in [0, 0.1) is 5.92 Å². The van der Waals surface area contributed by atoms with E-state index in [1.165, 1.54) is 0 Å². The van der Waals surface area contributed by atoms with E-state index in [4.69, 9.17) is 10.5 Å². The largest absolute Gasteiger partial charge is 0.378 e. The van der Waals surface area contributed by atoms with Gasteiger partial charge in [-0.2, -0.15) is 0 Å². The molecule has 1 aliphatic rings. The van der Waals surface area contributed by atoms with Gasteiger partial charge in [0, 0.05) is 6.04 Å². The molecule has 3 N–H and O–H groups in total. The second kappa shape index (κ2) is 7.43. The van der Waals surface area contributed by atoms with Crippen LogP contribution >= 0.6 is 0 Å². The normalized spacial score (nSPS) is 25.6. The van der Waals surface area contributed by atoms with Gasteiger partial charge in [0.05, 0.1) is 18.5 Å². The summed E-state index contributed by atoms with van der Waals surface area (Å²) in [5.74, 6) is 0.304. The summed E-state index contributed by atoms with van der Waals surface area (Å²) in [7, 11) is -3.25. The smallest absolute Gasteiger partial charge is 0.214 e. The van der Waals surface area contributed by atoms with E-state index in [0.29, 0.717) is 6.54 Å². The minimum Gasteiger partial charge on any atom is -0.378 e. The van der Waals surface area contributed by atoms with Crippen LogP contribution in [0.5, 0.6) is 0 Å². The van der Waals surface area contributed by atoms with E-state index in [9.17, 15) is 8.42 Å². The van der Waals surface area contributed by atoms with Gasteiger partial charge in [0.1, 0.15) is 0 Å². The van der Waals surface area contributed by atoms with Gasteiger partial charge in [-0.1, -0.05) is 12.8 Å². The lowest BCUT2D eigenvalue weighted by Gasteiger charge is -2.31. The summed E-state index contributed by atoms with van der Waals surface area (Å²) in [4.78, 5) is 0. The van der Waals surface area contributed by atoms with Gasteiger partial charge in [0.15, 0.2) is 0 Å². The molecule has 0 aliphatic heterocycles. The first-order valence-corrected chi connectivity index (χ1v) is 8.41. The molecule has 1 rings (SSSR count). The molecule has 0 heterocycles. The van der Waals surface area contributed by atoms with Crippen molar-refractivity contribution in [2.75, 3.05) is 18.9 Å². The number of hydrogen-bond acceptors (Lipinski definition) is 4. The number of nitrogens with two attached hydrogens (primary N) is 1. The highest BCUT2D eigenvalue weighted by molar-refractivity contribution is 7.89. The van der Waals surface area contributed by atoms with Crippen LogP contribution in [0.25, 0.3) is 0 Å². The molecule has 0 aromatic heterocycles. The van der Waals surface area contributed by atoms with Crippen molar-refractivity contribution in [3.05, 3.63) is 0 Å². The summed E-state index contributed by atoms with van der Waals surface area (Å²) in [6.45, 7) is 4.58. The Kier molecular flexibility index (Phi) is 6.55. The molecule has 2 atom stereocenters. The SMILES string of the molecule is CC(C)OCCS(=O)(=O)NC1CCCCC1CN. The van der Waals surface area contributed by atoms with Crippen LogP contribution in [-0.2, 0) is 14.8 Å². The molecule has 0 radical (unpaired) electrons. The summed E-state index contributed by atoms with van der Waals surface area (Å²) >= 11 is 0. The third-order valence-electron chi connectivity index (χ3n) is 3.35. The summed E-state index contributed by atoms with van der Waals surface area (Å²) in [6, 6.07) is 0.00722. The first-order chi connectivity index (χ1) is 8.44. The number of ether oxygens (including phenoxy) is 1. The first-order valence-electron chi connectivity index (χ1n) is 6.76. The van der Waals surface area contributed by atoms with E-state index in [1.807, 2.05) is 13.8 Å². The maximum Gasteiger partial charge on any atom is 0.214 e.